The summed E-state index contributed by atoms with van der Waals surface area (Å²) in [6.45, 7) is 5.28. The number of amides is 3. The Hall–Kier alpha value is -2.43. The molecule has 10 heteroatoms. The molecule has 1 aromatic carbocycles. The molecule has 2 aromatic rings. The van der Waals surface area contributed by atoms with Crippen molar-refractivity contribution < 1.29 is 18.0 Å². The van der Waals surface area contributed by atoms with E-state index in [0.29, 0.717) is 19.6 Å². The molecular formula is C20H28N4O4S2. The van der Waals surface area contributed by atoms with Gasteiger partial charge >= 0.3 is 6.03 Å². The zero-order valence-electron chi connectivity index (χ0n) is 17.2. The van der Waals surface area contributed by atoms with Crippen LogP contribution in [-0.2, 0) is 27.9 Å². The third-order valence-corrected chi connectivity index (χ3v) is 7.93. The summed E-state index contributed by atoms with van der Waals surface area (Å²) in [5.74, 6) is -0.222. The van der Waals surface area contributed by atoms with Gasteiger partial charge in [0.05, 0.1) is 6.54 Å². The molecule has 1 heterocycles. The second kappa shape index (κ2) is 11.7. The zero-order valence-corrected chi connectivity index (χ0v) is 18.8. The van der Waals surface area contributed by atoms with Crippen molar-refractivity contribution in [2.75, 3.05) is 19.6 Å². The van der Waals surface area contributed by atoms with E-state index >= 15 is 0 Å². The third-order valence-electron chi connectivity index (χ3n) is 4.33. The van der Waals surface area contributed by atoms with Gasteiger partial charge in [-0.3, -0.25) is 4.79 Å². The highest BCUT2D eigenvalue weighted by Crippen LogP contribution is 2.24. The summed E-state index contributed by atoms with van der Waals surface area (Å²) in [7, 11) is -3.48. The first-order valence-electron chi connectivity index (χ1n) is 9.78. The van der Waals surface area contributed by atoms with E-state index in [2.05, 4.69) is 16.0 Å². The molecular weight excluding hydrogens is 424 g/mol. The van der Waals surface area contributed by atoms with Crippen molar-refractivity contribution >= 4 is 33.3 Å². The Morgan fingerprint density at radius 1 is 0.933 bits per heavy atom. The maximum atomic E-state index is 12.5. The number of urea groups is 1. The predicted octanol–water partition coefficient (Wildman–Crippen LogP) is 2.28. The Kier molecular flexibility index (Phi) is 9.28. The molecule has 0 saturated heterocycles. The smallest absolute Gasteiger partial charge is 0.315 e. The fraction of sp³-hybridized carbons (Fsp3) is 0.400. The normalized spacial score (nSPS) is 11.3. The van der Waals surface area contributed by atoms with Gasteiger partial charge in [0, 0.05) is 37.5 Å². The Labute approximate surface area is 181 Å². The molecule has 164 valence electrons. The van der Waals surface area contributed by atoms with E-state index in [1.807, 2.05) is 30.3 Å². The van der Waals surface area contributed by atoms with E-state index in [9.17, 15) is 18.0 Å². The van der Waals surface area contributed by atoms with Crippen molar-refractivity contribution in [1.29, 1.82) is 0 Å². The lowest BCUT2D eigenvalue weighted by Crippen LogP contribution is -2.37. The average Bonchev–Trinajstić information content (AvgIpc) is 3.22. The summed E-state index contributed by atoms with van der Waals surface area (Å²) >= 11 is 1.15. The summed E-state index contributed by atoms with van der Waals surface area (Å²) in [6, 6.07) is 12.5. The Morgan fingerprint density at radius 3 is 2.30 bits per heavy atom. The van der Waals surface area contributed by atoms with Crippen LogP contribution in [0.3, 0.4) is 0 Å². The Bertz CT molecular complexity index is 925. The number of benzene rings is 1. The molecule has 2 rings (SSSR count). The summed E-state index contributed by atoms with van der Waals surface area (Å²) in [6.07, 6.45) is 0.134. The van der Waals surface area contributed by atoms with Crippen LogP contribution in [0.4, 0.5) is 4.79 Å². The van der Waals surface area contributed by atoms with E-state index in [0.717, 1.165) is 21.8 Å². The van der Waals surface area contributed by atoms with Gasteiger partial charge in [-0.15, -0.1) is 11.3 Å². The number of nitrogens with one attached hydrogen (secondary N) is 3. The van der Waals surface area contributed by atoms with Gasteiger partial charge in [0.25, 0.3) is 10.0 Å². The molecule has 0 aliphatic carbocycles. The van der Waals surface area contributed by atoms with Gasteiger partial charge in [0.15, 0.2) is 0 Å². The zero-order chi connectivity index (χ0) is 22.0. The maximum Gasteiger partial charge on any atom is 0.315 e. The number of rotatable bonds is 11. The molecule has 0 bridgehead atoms. The summed E-state index contributed by atoms with van der Waals surface area (Å²) in [4.78, 5) is 24.5. The van der Waals surface area contributed by atoms with Crippen molar-refractivity contribution in [3.05, 3.63) is 52.9 Å². The second-order valence-electron chi connectivity index (χ2n) is 6.43. The van der Waals surface area contributed by atoms with Gasteiger partial charge in [0.2, 0.25) is 5.91 Å². The van der Waals surface area contributed by atoms with Gasteiger partial charge in [-0.05, 0) is 17.7 Å². The molecule has 0 radical (unpaired) electrons. The predicted molar refractivity (Wildman–Crippen MR) is 118 cm³/mol. The topological polar surface area (TPSA) is 108 Å². The number of hydrogen-bond acceptors (Lipinski definition) is 5. The van der Waals surface area contributed by atoms with Crippen LogP contribution in [0.5, 0.6) is 0 Å². The number of carbonyl (C=O) groups is 2. The molecule has 0 aliphatic heterocycles. The molecule has 3 N–H and O–H groups in total. The monoisotopic (exact) mass is 452 g/mol. The number of carbonyl (C=O) groups excluding carboxylic acids is 2. The number of sulfonamides is 1. The molecule has 1 aromatic heterocycles. The van der Waals surface area contributed by atoms with Crippen LogP contribution in [0.15, 0.2) is 46.7 Å². The van der Waals surface area contributed by atoms with Crippen LogP contribution in [0.2, 0.25) is 0 Å². The van der Waals surface area contributed by atoms with Crippen molar-refractivity contribution in [2.45, 2.75) is 37.6 Å². The minimum Gasteiger partial charge on any atom is -0.351 e. The maximum absolute atomic E-state index is 12.5. The summed E-state index contributed by atoms with van der Waals surface area (Å²) < 4.78 is 26.7. The first-order chi connectivity index (χ1) is 14.4. The molecule has 0 aliphatic rings. The van der Waals surface area contributed by atoms with Crippen molar-refractivity contribution in [3.8, 4) is 0 Å². The Balaban J connectivity index is 1.70. The molecule has 30 heavy (non-hydrogen) atoms. The van der Waals surface area contributed by atoms with Crippen molar-refractivity contribution in [3.63, 3.8) is 0 Å². The van der Waals surface area contributed by atoms with Crippen LogP contribution < -0.4 is 16.0 Å². The van der Waals surface area contributed by atoms with E-state index in [1.165, 1.54) is 4.31 Å². The fourth-order valence-electron chi connectivity index (χ4n) is 2.69. The third kappa shape index (κ3) is 7.12. The minimum atomic E-state index is -3.48. The van der Waals surface area contributed by atoms with Crippen LogP contribution in [0, 0.1) is 0 Å². The lowest BCUT2D eigenvalue weighted by atomic mass is 10.2. The molecule has 0 fully saturated rings. The quantitative estimate of drug-likeness (QED) is 0.486. The molecule has 0 unspecified atom stereocenters. The molecule has 0 atom stereocenters. The lowest BCUT2D eigenvalue weighted by molar-refractivity contribution is -0.121. The van der Waals surface area contributed by atoms with Gasteiger partial charge in [-0.1, -0.05) is 44.2 Å². The molecule has 3 amide bonds. The number of nitrogens with zero attached hydrogens (tertiary/aromatic N) is 1. The molecule has 8 nitrogen and oxygen atoms in total. The van der Waals surface area contributed by atoms with Crippen LogP contribution in [0.25, 0.3) is 0 Å². The van der Waals surface area contributed by atoms with Crippen LogP contribution in [-0.4, -0.2) is 44.3 Å². The molecule has 0 spiro atoms. The highest BCUT2D eigenvalue weighted by atomic mass is 32.2. The fourth-order valence-corrected chi connectivity index (χ4v) is 5.59. The van der Waals surface area contributed by atoms with Gasteiger partial charge in [-0.2, -0.15) is 4.31 Å². The largest absolute Gasteiger partial charge is 0.351 e. The standard InChI is InChI=1S/C20H28N4O4S2/c1-3-24(4-2)30(27,28)19-11-10-17(29-19)15-22-18(25)12-13-21-20(26)23-14-16-8-6-5-7-9-16/h5-11H,3-4,12-15H2,1-2H3,(H,22,25)(H2,21,23,26). The van der Waals surface area contributed by atoms with Gasteiger partial charge in [-0.25, -0.2) is 13.2 Å². The van der Waals surface area contributed by atoms with Crippen LogP contribution in [0.1, 0.15) is 30.7 Å². The van der Waals surface area contributed by atoms with Gasteiger partial charge < -0.3 is 16.0 Å². The first-order valence-corrected chi connectivity index (χ1v) is 12.0. The van der Waals surface area contributed by atoms with Crippen molar-refractivity contribution in [2.24, 2.45) is 0 Å². The van der Waals surface area contributed by atoms with E-state index < -0.39 is 10.0 Å². The highest BCUT2D eigenvalue weighted by Gasteiger charge is 2.23. The minimum absolute atomic E-state index is 0.134. The van der Waals surface area contributed by atoms with E-state index in [-0.39, 0.29) is 35.7 Å². The molecule has 0 saturated carbocycles. The first kappa shape index (κ1) is 23.8. The highest BCUT2D eigenvalue weighted by molar-refractivity contribution is 7.91. The number of hydrogen-bond donors (Lipinski definition) is 3. The average molecular weight is 453 g/mol. The summed E-state index contributed by atoms with van der Waals surface area (Å²) in [5, 5.41) is 8.11. The van der Waals surface area contributed by atoms with E-state index in [1.54, 1.807) is 26.0 Å². The Morgan fingerprint density at radius 2 is 1.63 bits per heavy atom. The summed E-state index contributed by atoms with van der Waals surface area (Å²) in [5.41, 5.74) is 0.990. The van der Waals surface area contributed by atoms with Crippen molar-refractivity contribution in [1.82, 2.24) is 20.3 Å². The van der Waals surface area contributed by atoms with Gasteiger partial charge in [0.1, 0.15) is 4.21 Å². The lowest BCUT2D eigenvalue weighted by Gasteiger charge is -2.16. The van der Waals surface area contributed by atoms with Crippen LogP contribution >= 0.6 is 11.3 Å². The number of thiophene rings is 1. The SMILES string of the molecule is CCN(CC)S(=O)(=O)c1ccc(CNC(=O)CCNC(=O)NCc2ccccc2)s1. The van der Waals surface area contributed by atoms with E-state index in [4.69, 9.17) is 0 Å². The second-order valence-corrected chi connectivity index (χ2v) is 9.76.